The summed E-state index contributed by atoms with van der Waals surface area (Å²) in [5.41, 5.74) is 0.637. The van der Waals surface area contributed by atoms with Crippen LogP contribution < -0.4 is 4.74 Å². The number of nitrogens with zero attached hydrogens (tertiary/aromatic N) is 2. The summed E-state index contributed by atoms with van der Waals surface area (Å²) in [5.74, 6) is 0.914. The number of ether oxygens (including phenoxy) is 2. The maximum atomic E-state index is 12.5. The molecule has 0 N–H and O–H groups in total. The quantitative estimate of drug-likeness (QED) is 0.737. The van der Waals surface area contributed by atoms with E-state index in [1.165, 1.54) is 5.56 Å². The summed E-state index contributed by atoms with van der Waals surface area (Å²) < 4.78 is 11.9. The molecule has 1 aromatic rings. The second kappa shape index (κ2) is 4.86. The Labute approximate surface area is 137 Å². The fraction of sp³-hybridized carbons (Fsp3) is 0.667. The second-order valence-electron chi connectivity index (χ2n) is 8.13. The van der Waals surface area contributed by atoms with E-state index in [0.29, 0.717) is 0 Å². The molecule has 0 radical (unpaired) electrons. The van der Waals surface area contributed by atoms with Crippen molar-refractivity contribution >= 4 is 6.09 Å². The number of amides is 1. The van der Waals surface area contributed by atoms with Gasteiger partial charge in [0.15, 0.2) is 0 Å². The smallest absolute Gasteiger partial charge is 0.410 e. The molecule has 4 rings (SSSR count). The number of hydrogen-bond donors (Lipinski definition) is 0. The summed E-state index contributed by atoms with van der Waals surface area (Å²) in [6.45, 7) is 5.76. The highest BCUT2D eigenvalue weighted by Crippen LogP contribution is 2.48. The Morgan fingerprint density at radius 3 is 2.65 bits per heavy atom. The van der Waals surface area contributed by atoms with Gasteiger partial charge in [-0.15, -0.1) is 0 Å². The van der Waals surface area contributed by atoms with Crippen LogP contribution in [-0.2, 0) is 11.2 Å². The molecule has 1 spiro atoms. The molecule has 2 atom stereocenters. The normalized spacial score (nSPS) is 31.9. The van der Waals surface area contributed by atoms with Crippen LogP contribution in [0.2, 0.25) is 0 Å². The molecule has 124 valence electrons. The molecule has 0 saturated carbocycles. The Balaban J connectivity index is 1.52. The van der Waals surface area contributed by atoms with Crippen molar-refractivity contribution in [3.8, 4) is 5.75 Å². The monoisotopic (exact) mass is 316 g/mol. The highest BCUT2D eigenvalue weighted by Gasteiger charge is 2.54. The molecule has 2 fully saturated rings. The number of hydrogen-bond acceptors (Lipinski definition) is 4. The minimum Gasteiger partial charge on any atom is -0.485 e. The number of piperidine rings is 1. The largest absolute Gasteiger partial charge is 0.485 e. The van der Waals surface area contributed by atoms with Gasteiger partial charge in [0, 0.05) is 43.1 Å². The zero-order valence-corrected chi connectivity index (χ0v) is 14.0. The Bertz CT molecular complexity index is 596. The minimum atomic E-state index is -0.447. The Kier molecular flexibility index (Phi) is 3.12. The number of carbonyl (C=O) groups excluding carboxylic acids is 1. The number of fused-ring (bicyclic) bond motifs is 3. The molecular weight excluding hydrogens is 292 g/mol. The SMILES string of the molecule is CC(C)(C)OC(=O)N1C2CCC1CC1(Cc3ccncc3O1)C2. The predicted octanol–water partition coefficient (Wildman–Crippen LogP) is 3.32. The van der Waals surface area contributed by atoms with Crippen LogP contribution in [0, 0.1) is 0 Å². The highest BCUT2D eigenvalue weighted by molar-refractivity contribution is 5.70. The van der Waals surface area contributed by atoms with E-state index < -0.39 is 5.60 Å². The number of carbonyl (C=O) groups is 1. The van der Waals surface area contributed by atoms with Crippen molar-refractivity contribution in [1.82, 2.24) is 9.88 Å². The van der Waals surface area contributed by atoms with Gasteiger partial charge in [0.2, 0.25) is 0 Å². The first-order valence-corrected chi connectivity index (χ1v) is 8.48. The molecular formula is C18H24N2O3. The number of rotatable bonds is 0. The van der Waals surface area contributed by atoms with Crippen molar-refractivity contribution in [3.05, 3.63) is 24.0 Å². The van der Waals surface area contributed by atoms with Crippen molar-refractivity contribution in [1.29, 1.82) is 0 Å². The maximum Gasteiger partial charge on any atom is 0.410 e. The molecule has 2 saturated heterocycles. The van der Waals surface area contributed by atoms with E-state index in [1.54, 1.807) is 0 Å². The topological polar surface area (TPSA) is 51.7 Å². The van der Waals surface area contributed by atoms with Gasteiger partial charge in [-0.1, -0.05) is 0 Å². The summed E-state index contributed by atoms with van der Waals surface area (Å²) in [7, 11) is 0. The third-order valence-corrected chi connectivity index (χ3v) is 5.15. The molecule has 1 aromatic heterocycles. The lowest BCUT2D eigenvalue weighted by molar-refractivity contribution is -0.0356. The lowest BCUT2D eigenvalue weighted by Gasteiger charge is -2.44. The first-order chi connectivity index (χ1) is 10.9. The van der Waals surface area contributed by atoms with Gasteiger partial charge in [-0.25, -0.2) is 4.79 Å². The third-order valence-electron chi connectivity index (χ3n) is 5.15. The molecule has 23 heavy (non-hydrogen) atoms. The molecule has 4 heterocycles. The number of pyridine rings is 1. The first-order valence-electron chi connectivity index (χ1n) is 8.48. The molecule has 1 amide bonds. The second-order valence-corrected chi connectivity index (χ2v) is 8.13. The first kappa shape index (κ1) is 14.8. The minimum absolute atomic E-state index is 0.157. The van der Waals surface area contributed by atoms with Crippen LogP contribution in [0.15, 0.2) is 18.5 Å². The van der Waals surface area contributed by atoms with Crippen molar-refractivity contribution in [3.63, 3.8) is 0 Å². The Hall–Kier alpha value is -1.78. The molecule has 2 bridgehead atoms. The molecule has 0 aliphatic carbocycles. The standard InChI is InChI=1S/C18H24N2O3/c1-17(2,3)23-16(21)20-13-4-5-14(20)10-18(9-13)8-12-6-7-19-11-15(12)22-18/h6-7,11,13-14H,4-5,8-10H2,1-3H3. The van der Waals surface area contributed by atoms with Crippen LogP contribution >= 0.6 is 0 Å². The molecule has 0 aromatic carbocycles. The van der Waals surface area contributed by atoms with E-state index in [4.69, 9.17) is 9.47 Å². The van der Waals surface area contributed by atoms with Gasteiger partial charge in [-0.2, -0.15) is 0 Å². The van der Waals surface area contributed by atoms with E-state index in [-0.39, 0.29) is 23.8 Å². The van der Waals surface area contributed by atoms with E-state index in [1.807, 2.05) is 44.1 Å². The van der Waals surface area contributed by atoms with E-state index in [2.05, 4.69) is 4.98 Å². The zero-order chi connectivity index (χ0) is 16.2. The van der Waals surface area contributed by atoms with E-state index in [9.17, 15) is 4.79 Å². The molecule has 3 aliphatic rings. The average molecular weight is 316 g/mol. The summed E-state index contributed by atoms with van der Waals surface area (Å²) in [5, 5.41) is 0. The van der Waals surface area contributed by atoms with Crippen molar-refractivity contribution in [2.75, 3.05) is 0 Å². The Morgan fingerprint density at radius 2 is 2.04 bits per heavy atom. The van der Waals surface area contributed by atoms with Crippen LogP contribution in [-0.4, -0.2) is 39.3 Å². The van der Waals surface area contributed by atoms with Gasteiger partial charge >= 0.3 is 6.09 Å². The van der Waals surface area contributed by atoms with Gasteiger partial charge < -0.3 is 14.4 Å². The molecule has 2 unspecified atom stereocenters. The van der Waals surface area contributed by atoms with Gasteiger partial charge in [0.05, 0.1) is 6.20 Å². The van der Waals surface area contributed by atoms with Crippen LogP contribution in [0.4, 0.5) is 4.79 Å². The summed E-state index contributed by atoms with van der Waals surface area (Å²) in [6, 6.07) is 2.50. The van der Waals surface area contributed by atoms with Gasteiger partial charge in [-0.05, 0) is 39.7 Å². The van der Waals surface area contributed by atoms with Gasteiger partial charge in [0.25, 0.3) is 0 Å². The molecule has 5 heteroatoms. The maximum absolute atomic E-state index is 12.5. The van der Waals surface area contributed by atoms with Crippen molar-refractivity contribution in [2.45, 2.75) is 76.2 Å². The van der Waals surface area contributed by atoms with Crippen molar-refractivity contribution in [2.24, 2.45) is 0 Å². The van der Waals surface area contributed by atoms with Crippen LogP contribution in [0.5, 0.6) is 5.75 Å². The lowest BCUT2D eigenvalue weighted by atomic mass is 9.83. The molecule has 3 aliphatic heterocycles. The Morgan fingerprint density at radius 1 is 1.35 bits per heavy atom. The summed E-state index contributed by atoms with van der Waals surface area (Å²) >= 11 is 0. The van der Waals surface area contributed by atoms with E-state index >= 15 is 0 Å². The summed E-state index contributed by atoms with van der Waals surface area (Å²) in [4.78, 5) is 18.7. The van der Waals surface area contributed by atoms with Gasteiger partial charge in [-0.3, -0.25) is 4.98 Å². The van der Waals surface area contributed by atoms with Crippen molar-refractivity contribution < 1.29 is 14.3 Å². The van der Waals surface area contributed by atoms with Crippen LogP contribution in [0.3, 0.4) is 0 Å². The number of aromatic nitrogens is 1. The predicted molar refractivity (Wildman–Crippen MR) is 85.4 cm³/mol. The highest BCUT2D eigenvalue weighted by atomic mass is 16.6. The lowest BCUT2D eigenvalue weighted by Crippen LogP contribution is -2.55. The third kappa shape index (κ3) is 2.56. The fourth-order valence-electron chi connectivity index (χ4n) is 4.41. The summed E-state index contributed by atoms with van der Waals surface area (Å²) in [6.07, 6.45) is 8.26. The fourth-order valence-corrected chi connectivity index (χ4v) is 4.41. The van der Waals surface area contributed by atoms with Crippen LogP contribution in [0.25, 0.3) is 0 Å². The van der Waals surface area contributed by atoms with E-state index in [0.717, 1.165) is 37.9 Å². The average Bonchev–Trinajstić information content (AvgIpc) is 2.92. The van der Waals surface area contributed by atoms with Gasteiger partial charge in [0.1, 0.15) is 17.0 Å². The molecule has 5 nitrogen and oxygen atoms in total. The zero-order valence-electron chi connectivity index (χ0n) is 14.0. The van der Waals surface area contributed by atoms with Crippen LogP contribution in [0.1, 0.15) is 52.0 Å².